The van der Waals surface area contributed by atoms with Crippen LogP contribution in [0.3, 0.4) is 0 Å². The number of nitrogens with zero attached hydrogens (tertiary/aromatic N) is 2. The topological polar surface area (TPSA) is 113 Å². The molecule has 29 heavy (non-hydrogen) atoms. The Hall–Kier alpha value is -3.26. The number of nitrogens with one attached hydrogen (secondary N) is 2. The van der Waals surface area contributed by atoms with Crippen molar-refractivity contribution in [2.24, 2.45) is 11.1 Å². The van der Waals surface area contributed by atoms with Gasteiger partial charge in [-0.15, -0.1) is 0 Å². The Kier molecular flexibility index (Phi) is 5.53. The van der Waals surface area contributed by atoms with Crippen LogP contribution in [0.4, 0.5) is 0 Å². The quantitative estimate of drug-likeness (QED) is 0.532. The number of carbonyl (C=O) groups excluding carboxylic acids is 2. The normalized spacial score (nSPS) is 23.2. The first-order valence-electron chi connectivity index (χ1n) is 9.64. The van der Waals surface area contributed by atoms with Crippen molar-refractivity contribution in [3.8, 4) is 0 Å². The second-order valence-corrected chi connectivity index (χ2v) is 7.26. The molecule has 0 saturated heterocycles. The summed E-state index contributed by atoms with van der Waals surface area (Å²) in [7, 11) is 0. The van der Waals surface area contributed by atoms with Gasteiger partial charge in [0.05, 0.1) is 17.3 Å². The Balaban J connectivity index is 1.38. The fraction of sp³-hybridized carbons (Fsp3) is 0.333. The zero-order valence-electron chi connectivity index (χ0n) is 15.7. The summed E-state index contributed by atoms with van der Waals surface area (Å²) in [5.74, 6) is -1.10. The summed E-state index contributed by atoms with van der Waals surface area (Å²) in [6.45, 7) is 0. The Labute approximate surface area is 167 Å². The summed E-state index contributed by atoms with van der Waals surface area (Å²) in [5.41, 5.74) is 4.72. The maximum atomic E-state index is 12.6. The molecule has 3 atom stereocenters. The molecule has 2 aromatic rings. The van der Waals surface area contributed by atoms with Crippen LogP contribution in [0.25, 0.3) is 0 Å². The third kappa shape index (κ3) is 4.12. The van der Waals surface area contributed by atoms with Gasteiger partial charge in [-0.3, -0.25) is 19.8 Å². The summed E-state index contributed by atoms with van der Waals surface area (Å²) >= 11 is 0. The van der Waals surface area contributed by atoms with Crippen molar-refractivity contribution in [3.63, 3.8) is 0 Å². The molecule has 8 nitrogen and oxygen atoms in total. The Morgan fingerprint density at radius 3 is 2.66 bits per heavy atom. The van der Waals surface area contributed by atoms with E-state index >= 15 is 0 Å². The maximum absolute atomic E-state index is 12.6. The molecule has 1 saturated carbocycles. The van der Waals surface area contributed by atoms with Crippen LogP contribution in [0.5, 0.6) is 0 Å². The number of pyridine rings is 1. The fourth-order valence-corrected chi connectivity index (χ4v) is 3.87. The van der Waals surface area contributed by atoms with E-state index in [1.165, 1.54) is 0 Å². The second kappa shape index (κ2) is 8.40. The number of benzene rings is 1. The molecule has 0 bridgehead atoms. The molecule has 2 aliphatic rings. The highest BCUT2D eigenvalue weighted by atomic mass is 16.6. The summed E-state index contributed by atoms with van der Waals surface area (Å²) in [5, 5.41) is 15.9. The van der Waals surface area contributed by atoms with Gasteiger partial charge in [0.15, 0.2) is 6.10 Å². The first kappa shape index (κ1) is 19.1. The van der Waals surface area contributed by atoms with Crippen LogP contribution in [-0.4, -0.2) is 33.8 Å². The van der Waals surface area contributed by atoms with E-state index in [1.54, 1.807) is 23.8 Å². The summed E-state index contributed by atoms with van der Waals surface area (Å²) in [4.78, 5) is 34.1. The van der Waals surface area contributed by atoms with Crippen molar-refractivity contribution in [2.75, 3.05) is 0 Å². The molecular formula is C21H22N4O4. The smallest absolute Gasteiger partial charge is 0.251 e. The largest absolute Gasteiger partial charge is 0.385 e. The minimum atomic E-state index is -0.454. The number of amides is 2. The number of aromatic nitrogens is 1. The Morgan fingerprint density at radius 2 is 1.93 bits per heavy atom. The maximum Gasteiger partial charge on any atom is 0.251 e. The van der Waals surface area contributed by atoms with E-state index < -0.39 is 11.8 Å². The van der Waals surface area contributed by atoms with Crippen molar-refractivity contribution >= 4 is 17.5 Å². The van der Waals surface area contributed by atoms with Crippen LogP contribution in [0.2, 0.25) is 0 Å². The van der Waals surface area contributed by atoms with E-state index in [-0.39, 0.29) is 18.1 Å². The number of oxime groups is 1. The van der Waals surface area contributed by atoms with Gasteiger partial charge >= 0.3 is 0 Å². The van der Waals surface area contributed by atoms with Crippen LogP contribution in [-0.2, 0) is 9.63 Å². The van der Waals surface area contributed by atoms with E-state index in [1.807, 2.05) is 30.3 Å². The average molecular weight is 394 g/mol. The van der Waals surface area contributed by atoms with Gasteiger partial charge in [-0.2, -0.15) is 0 Å². The fourth-order valence-electron chi connectivity index (χ4n) is 3.87. The lowest BCUT2D eigenvalue weighted by molar-refractivity contribution is -0.133. The molecule has 2 heterocycles. The first-order chi connectivity index (χ1) is 14.2. The number of hydrogen-bond donors (Lipinski definition) is 3. The monoisotopic (exact) mass is 394 g/mol. The molecule has 1 aliphatic heterocycles. The highest BCUT2D eigenvalue weighted by Gasteiger charge is 2.34. The first-order valence-corrected chi connectivity index (χ1v) is 9.64. The molecule has 2 amide bonds. The molecule has 0 spiro atoms. The number of carbonyl (C=O) groups is 2. The van der Waals surface area contributed by atoms with Crippen LogP contribution < -0.4 is 10.8 Å². The standard InChI is InChI=1S/C21H22N4O4/c26-20(23-16-6-3-4-15(16)21(27)24-28)14-9-7-13(8-10-14)18-12-19(29-25-18)17-5-1-2-11-22-17/h1-2,5,7-11,15-16,19,28H,3-4,6,12H2,(H,23,26)(H,24,27). The van der Waals surface area contributed by atoms with Crippen LogP contribution >= 0.6 is 0 Å². The van der Waals surface area contributed by atoms with Crippen LogP contribution in [0, 0.1) is 5.92 Å². The molecule has 150 valence electrons. The summed E-state index contributed by atoms with van der Waals surface area (Å²) in [6, 6.07) is 12.5. The number of rotatable bonds is 5. The average Bonchev–Trinajstić information content (AvgIpc) is 3.44. The lowest BCUT2D eigenvalue weighted by Gasteiger charge is -2.19. The van der Waals surface area contributed by atoms with Crippen molar-refractivity contribution in [1.29, 1.82) is 0 Å². The summed E-state index contributed by atoms with van der Waals surface area (Å²) < 4.78 is 0. The van der Waals surface area contributed by atoms with Gasteiger partial charge < -0.3 is 10.2 Å². The van der Waals surface area contributed by atoms with E-state index in [2.05, 4.69) is 15.5 Å². The van der Waals surface area contributed by atoms with Gasteiger partial charge in [-0.05, 0) is 42.7 Å². The highest BCUT2D eigenvalue weighted by Crippen LogP contribution is 2.28. The molecule has 3 N–H and O–H groups in total. The molecule has 1 aliphatic carbocycles. The van der Waals surface area contributed by atoms with Crippen LogP contribution in [0.1, 0.15) is 53.4 Å². The van der Waals surface area contributed by atoms with Crippen molar-refractivity contribution < 1.29 is 19.6 Å². The molecule has 1 aromatic carbocycles. The number of hydroxylamine groups is 1. The van der Waals surface area contributed by atoms with Crippen molar-refractivity contribution in [3.05, 3.63) is 65.5 Å². The minimum Gasteiger partial charge on any atom is -0.385 e. The lowest BCUT2D eigenvalue weighted by Crippen LogP contribution is -2.43. The SMILES string of the molecule is O=C(NC1CCCC1C(=O)NO)c1ccc(C2=NOC(c3ccccn3)C2)cc1. The predicted octanol–water partition coefficient (Wildman–Crippen LogP) is 2.35. The molecule has 8 heteroatoms. The molecule has 4 rings (SSSR count). The third-order valence-corrected chi connectivity index (χ3v) is 5.45. The van der Waals surface area contributed by atoms with E-state index in [0.29, 0.717) is 24.8 Å². The van der Waals surface area contributed by atoms with Gasteiger partial charge in [0.2, 0.25) is 5.91 Å². The van der Waals surface area contributed by atoms with Gasteiger partial charge in [0.25, 0.3) is 5.91 Å². The molecule has 1 fully saturated rings. The molecule has 1 aromatic heterocycles. The van der Waals surface area contributed by atoms with E-state index in [0.717, 1.165) is 23.4 Å². The molecule has 3 unspecified atom stereocenters. The molecular weight excluding hydrogens is 372 g/mol. The van der Waals surface area contributed by atoms with Crippen molar-refractivity contribution in [2.45, 2.75) is 37.8 Å². The van der Waals surface area contributed by atoms with Gasteiger partial charge in [0, 0.05) is 24.2 Å². The third-order valence-electron chi connectivity index (χ3n) is 5.45. The zero-order valence-corrected chi connectivity index (χ0v) is 15.7. The molecule has 0 radical (unpaired) electrons. The van der Waals surface area contributed by atoms with E-state index in [9.17, 15) is 9.59 Å². The van der Waals surface area contributed by atoms with Gasteiger partial charge in [0.1, 0.15) is 0 Å². The highest BCUT2D eigenvalue weighted by molar-refractivity contribution is 6.02. The zero-order chi connectivity index (χ0) is 20.2. The Bertz CT molecular complexity index is 914. The van der Waals surface area contributed by atoms with E-state index in [4.69, 9.17) is 10.0 Å². The predicted molar refractivity (Wildman–Crippen MR) is 104 cm³/mol. The van der Waals surface area contributed by atoms with Gasteiger partial charge in [-0.1, -0.05) is 29.8 Å². The van der Waals surface area contributed by atoms with Crippen LogP contribution in [0.15, 0.2) is 53.8 Å². The summed E-state index contributed by atoms with van der Waals surface area (Å²) in [6.07, 6.45) is 4.33. The Morgan fingerprint density at radius 1 is 1.10 bits per heavy atom. The second-order valence-electron chi connectivity index (χ2n) is 7.26. The minimum absolute atomic E-state index is 0.203. The number of hydrogen-bond acceptors (Lipinski definition) is 6. The van der Waals surface area contributed by atoms with Crippen molar-refractivity contribution in [1.82, 2.24) is 15.8 Å². The van der Waals surface area contributed by atoms with Gasteiger partial charge in [-0.25, -0.2) is 5.48 Å². The lowest BCUT2D eigenvalue weighted by atomic mass is 10.0.